The molecule has 20 heavy (non-hydrogen) atoms. The van der Waals surface area contributed by atoms with Crippen LogP contribution in [0, 0.1) is 0 Å². The molecule has 0 saturated carbocycles. The summed E-state index contributed by atoms with van der Waals surface area (Å²) in [5, 5.41) is 5.27. The topological polar surface area (TPSA) is 54.1 Å². The van der Waals surface area contributed by atoms with Crippen LogP contribution in [0.2, 0.25) is 0 Å². The fraction of sp³-hybridized carbons (Fsp3) is 0.438. The minimum atomic E-state index is -0.0318. The van der Waals surface area contributed by atoms with E-state index < -0.39 is 0 Å². The lowest BCUT2D eigenvalue weighted by atomic mass is 10.0. The molecule has 3 rings (SSSR count). The van der Waals surface area contributed by atoms with Crippen molar-refractivity contribution in [3.63, 3.8) is 0 Å². The van der Waals surface area contributed by atoms with Crippen LogP contribution in [-0.4, -0.2) is 24.2 Å². The summed E-state index contributed by atoms with van der Waals surface area (Å²) >= 11 is 0. The Balaban J connectivity index is 1.82. The van der Waals surface area contributed by atoms with E-state index in [1.165, 1.54) is 0 Å². The van der Waals surface area contributed by atoms with E-state index in [0.29, 0.717) is 6.10 Å². The van der Waals surface area contributed by atoms with Crippen LogP contribution in [0.1, 0.15) is 31.4 Å². The van der Waals surface area contributed by atoms with Gasteiger partial charge in [0.1, 0.15) is 0 Å². The summed E-state index contributed by atoms with van der Waals surface area (Å²) in [4.78, 5) is 14.6. The number of hydrogen-bond donors (Lipinski definition) is 2. The number of hydrogen-bond acceptors (Lipinski definition) is 3. The molecule has 1 aliphatic heterocycles. The van der Waals surface area contributed by atoms with Gasteiger partial charge in [0.15, 0.2) is 0 Å². The zero-order valence-corrected chi connectivity index (χ0v) is 11.7. The number of rotatable bonds is 4. The van der Waals surface area contributed by atoms with Gasteiger partial charge in [0.25, 0.3) is 5.56 Å². The molecule has 2 aromatic rings. The van der Waals surface area contributed by atoms with Crippen molar-refractivity contribution < 1.29 is 4.74 Å². The third-order valence-electron chi connectivity index (χ3n) is 3.98. The van der Waals surface area contributed by atoms with E-state index in [-0.39, 0.29) is 11.6 Å². The zero-order chi connectivity index (χ0) is 13.9. The second-order valence-corrected chi connectivity index (χ2v) is 5.38. The zero-order valence-electron chi connectivity index (χ0n) is 11.7. The number of fused-ring (bicyclic) bond motifs is 1. The number of ether oxygens (including phenoxy) is 1. The summed E-state index contributed by atoms with van der Waals surface area (Å²) in [5.41, 5.74) is 1.09. The third-order valence-corrected chi connectivity index (χ3v) is 3.98. The Morgan fingerprint density at radius 2 is 2.20 bits per heavy atom. The normalized spacial score (nSPS) is 20.4. The van der Waals surface area contributed by atoms with Gasteiger partial charge in [0.2, 0.25) is 0 Å². The van der Waals surface area contributed by atoms with Crippen molar-refractivity contribution in [2.24, 2.45) is 0 Å². The van der Waals surface area contributed by atoms with E-state index in [9.17, 15) is 4.79 Å². The average molecular weight is 272 g/mol. The van der Waals surface area contributed by atoms with Gasteiger partial charge in [-0.05, 0) is 36.8 Å². The van der Waals surface area contributed by atoms with Crippen LogP contribution in [0.4, 0.5) is 0 Å². The predicted octanol–water partition coefficient (Wildman–Crippen LogP) is 2.36. The molecule has 1 aromatic carbocycles. The van der Waals surface area contributed by atoms with E-state index >= 15 is 0 Å². The van der Waals surface area contributed by atoms with Crippen molar-refractivity contribution in [3.05, 3.63) is 46.4 Å². The standard InChI is InChI=1S/C16H20N2O2/c1-11(17-9-12-5-4-8-20-12)15-10-18-16(19)14-7-3-2-6-13(14)15/h2-3,6-7,10-12,17H,4-5,8-9H2,1H3,(H,18,19)/t11?,12-/m0/s1. The lowest BCUT2D eigenvalue weighted by Crippen LogP contribution is -2.29. The van der Waals surface area contributed by atoms with Gasteiger partial charge in [-0.3, -0.25) is 4.79 Å². The molecule has 0 aliphatic carbocycles. The molecule has 1 unspecified atom stereocenters. The first-order chi connectivity index (χ1) is 9.75. The van der Waals surface area contributed by atoms with Crippen molar-refractivity contribution >= 4 is 10.8 Å². The average Bonchev–Trinajstić information content (AvgIpc) is 2.99. The van der Waals surface area contributed by atoms with Crippen molar-refractivity contribution in [2.75, 3.05) is 13.2 Å². The maximum Gasteiger partial charge on any atom is 0.255 e. The van der Waals surface area contributed by atoms with Crippen molar-refractivity contribution in [3.8, 4) is 0 Å². The second-order valence-electron chi connectivity index (χ2n) is 5.38. The molecule has 0 spiro atoms. The van der Waals surface area contributed by atoms with E-state index in [1.54, 1.807) is 0 Å². The first-order valence-electron chi connectivity index (χ1n) is 7.21. The van der Waals surface area contributed by atoms with Gasteiger partial charge in [0, 0.05) is 30.8 Å². The molecule has 0 radical (unpaired) electrons. The predicted molar refractivity (Wildman–Crippen MR) is 80.0 cm³/mol. The van der Waals surface area contributed by atoms with Crippen LogP contribution in [0.25, 0.3) is 10.8 Å². The molecule has 1 fully saturated rings. The highest BCUT2D eigenvalue weighted by Crippen LogP contribution is 2.21. The van der Waals surface area contributed by atoms with Crippen molar-refractivity contribution in [1.29, 1.82) is 0 Å². The Kier molecular flexibility index (Phi) is 3.85. The molecule has 4 nitrogen and oxygen atoms in total. The number of nitrogens with one attached hydrogen (secondary N) is 2. The summed E-state index contributed by atoms with van der Waals surface area (Å²) in [6, 6.07) is 7.92. The quantitative estimate of drug-likeness (QED) is 0.898. The Labute approximate surface area is 118 Å². The summed E-state index contributed by atoms with van der Waals surface area (Å²) in [6.07, 6.45) is 4.43. The van der Waals surface area contributed by atoms with E-state index in [0.717, 1.165) is 42.3 Å². The molecule has 0 bridgehead atoms. The van der Waals surface area contributed by atoms with Crippen LogP contribution < -0.4 is 10.9 Å². The van der Waals surface area contributed by atoms with Gasteiger partial charge >= 0.3 is 0 Å². The molecule has 2 heterocycles. The Hall–Kier alpha value is -1.65. The number of aromatic nitrogens is 1. The number of pyridine rings is 1. The maximum absolute atomic E-state index is 11.8. The Morgan fingerprint density at radius 1 is 1.40 bits per heavy atom. The van der Waals surface area contributed by atoms with Crippen LogP contribution in [0.3, 0.4) is 0 Å². The molecule has 0 amide bonds. The van der Waals surface area contributed by atoms with Gasteiger partial charge in [-0.25, -0.2) is 0 Å². The number of benzene rings is 1. The fourth-order valence-electron chi connectivity index (χ4n) is 2.81. The maximum atomic E-state index is 11.8. The Bertz CT molecular complexity index is 644. The largest absolute Gasteiger partial charge is 0.377 e. The van der Waals surface area contributed by atoms with Crippen molar-refractivity contribution in [1.82, 2.24) is 10.3 Å². The summed E-state index contributed by atoms with van der Waals surface area (Å²) in [7, 11) is 0. The highest BCUT2D eigenvalue weighted by molar-refractivity contribution is 5.84. The third kappa shape index (κ3) is 2.62. The highest BCUT2D eigenvalue weighted by atomic mass is 16.5. The van der Waals surface area contributed by atoms with Gasteiger partial charge in [-0.15, -0.1) is 0 Å². The highest BCUT2D eigenvalue weighted by Gasteiger charge is 2.17. The smallest absolute Gasteiger partial charge is 0.255 e. The van der Waals surface area contributed by atoms with Gasteiger partial charge in [-0.2, -0.15) is 0 Å². The molecule has 1 aromatic heterocycles. The first kappa shape index (κ1) is 13.3. The van der Waals surface area contributed by atoms with E-state index in [4.69, 9.17) is 4.74 Å². The minimum Gasteiger partial charge on any atom is -0.377 e. The molecule has 1 saturated heterocycles. The fourth-order valence-corrected chi connectivity index (χ4v) is 2.81. The molecular formula is C16H20N2O2. The molecule has 2 atom stereocenters. The first-order valence-corrected chi connectivity index (χ1v) is 7.21. The van der Waals surface area contributed by atoms with Crippen LogP contribution in [0.15, 0.2) is 35.3 Å². The number of H-pyrrole nitrogens is 1. The SMILES string of the molecule is CC(NC[C@@H]1CCCO1)c1c[nH]c(=O)c2ccccc12. The Morgan fingerprint density at radius 3 is 2.95 bits per heavy atom. The molecule has 106 valence electrons. The summed E-state index contributed by atoms with van der Waals surface area (Å²) < 4.78 is 5.63. The molecule has 4 heteroatoms. The van der Waals surface area contributed by atoms with Crippen molar-refractivity contribution in [2.45, 2.75) is 31.9 Å². The summed E-state index contributed by atoms with van der Waals surface area (Å²) in [6.45, 7) is 3.85. The lowest BCUT2D eigenvalue weighted by Gasteiger charge is -2.18. The van der Waals surface area contributed by atoms with E-state index in [1.807, 2.05) is 30.5 Å². The monoisotopic (exact) mass is 272 g/mol. The molecule has 1 aliphatic rings. The minimum absolute atomic E-state index is 0.0318. The van der Waals surface area contributed by atoms with E-state index in [2.05, 4.69) is 17.2 Å². The van der Waals surface area contributed by atoms with Gasteiger partial charge in [-0.1, -0.05) is 18.2 Å². The van der Waals surface area contributed by atoms with Crippen LogP contribution in [0.5, 0.6) is 0 Å². The molecular weight excluding hydrogens is 252 g/mol. The van der Waals surface area contributed by atoms with Crippen LogP contribution >= 0.6 is 0 Å². The van der Waals surface area contributed by atoms with Crippen LogP contribution in [-0.2, 0) is 4.74 Å². The molecule has 2 N–H and O–H groups in total. The lowest BCUT2D eigenvalue weighted by molar-refractivity contribution is 0.108. The number of aromatic amines is 1. The van der Waals surface area contributed by atoms with Gasteiger partial charge < -0.3 is 15.0 Å². The summed E-state index contributed by atoms with van der Waals surface area (Å²) in [5.74, 6) is 0. The second kappa shape index (κ2) is 5.77. The van der Waals surface area contributed by atoms with Gasteiger partial charge in [0.05, 0.1) is 6.10 Å².